The Morgan fingerprint density at radius 1 is 1.27 bits per heavy atom. The van der Waals surface area contributed by atoms with Crippen LogP contribution in [0.3, 0.4) is 0 Å². The van der Waals surface area contributed by atoms with Crippen molar-refractivity contribution in [3.63, 3.8) is 0 Å². The molecule has 1 unspecified atom stereocenters. The van der Waals surface area contributed by atoms with E-state index in [1.165, 1.54) is 30.6 Å². The molecule has 3 N–H and O–H groups in total. The lowest BCUT2D eigenvalue weighted by atomic mass is 10.1. The van der Waals surface area contributed by atoms with Crippen LogP contribution in [-0.2, 0) is 22.8 Å². The lowest BCUT2D eigenvalue weighted by molar-refractivity contribution is 0.0904. The molecule has 3 aromatic rings. The Balaban J connectivity index is 1.53. The maximum atomic E-state index is 14.5. The largest absolute Gasteiger partial charge is 0.356 e. The van der Waals surface area contributed by atoms with Gasteiger partial charge in [0.2, 0.25) is 0 Å². The van der Waals surface area contributed by atoms with Gasteiger partial charge in [-0.3, -0.25) is 14.3 Å². The SMILES string of the molecule is CCCn1cc(C(=O)NCC(NC(=O)c2[nH]cc3c2CCS3(=O)=O)c2ccccc2F)cn1. The summed E-state index contributed by atoms with van der Waals surface area (Å²) in [5, 5.41) is 9.57. The minimum absolute atomic E-state index is 0.0505. The fourth-order valence-corrected chi connectivity index (χ4v) is 5.38. The van der Waals surface area contributed by atoms with Gasteiger partial charge >= 0.3 is 0 Å². The van der Waals surface area contributed by atoms with Gasteiger partial charge in [0.25, 0.3) is 11.8 Å². The summed E-state index contributed by atoms with van der Waals surface area (Å²) in [5.41, 5.74) is 1.10. The zero-order valence-corrected chi connectivity index (χ0v) is 18.8. The van der Waals surface area contributed by atoms with E-state index in [1.54, 1.807) is 16.9 Å². The zero-order valence-electron chi connectivity index (χ0n) is 18.0. The molecule has 0 saturated heterocycles. The van der Waals surface area contributed by atoms with Crippen LogP contribution in [0.15, 0.2) is 47.8 Å². The Morgan fingerprint density at radius 2 is 2.06 bits per heavy atom. The number of carbonyl (C=O) groups is 2. The minimum Gasteiger partial charge on any atom is -0.356 e. The second-order valence-corrected chi connectivity index (χ2v) is 9.90. The Hall–Kier alpha value is -3.47. The number of aromatic nitrogens is 3. The Labute approximate surface area is 190 Å². The van der Waals surface area contributed by atoms with Gasteiger partial charge in [-0.05, 0) is 18.9 Å². The molecule has 1 aliphatic rings. The van der Waals surface area contributed by atoms with Gasteiger partial charge in [-0.15, -0.1) is 0 Å². The van der Waals surface area contributed by atoms with E-state index in [4.69, 9.17) is 0 Å². The maximum Gasteiger partial charge on any atom is 0.268 e. The van der Waals surface area contributed by atoms with E-state index in [-0.39, 0.29) is 34.9 Å². The number of halogens is 1. The van der Waals surface area contributed by atoms with Crippen molar-refractivity contribution in [2.24, 2.45) is 0 Å². The van der Waals surface area contributed by atoms with Crippen molar-refractivity contribution in [1.82, 2.24) is 25.4 Å². The molecule has 2 amide bonds. The molecule has 1 atom stereocenters. The van der Waals surface area contributed by atoms with E-state index in [2.05, 4.69) is 20.7 Å². The molecule has 0 fully saturated rings. The van der Waals surface area contributed by atoms with Crippen LogP contribution in [0.1, 0.15) is 51.4 Å². The van der Waals surface area contributed by atoms with Crippen LogP contribution in [-0.4, -0.2) is 47.3 Å². The smallest absolute Gasteiger partial charge is 0.268 e. The molecule has 3 heterocycles. The van der Waals surface area contributed by atoms with Crippen molar-refractivity contribution in [1.29, 1.82) is 0 Å². The number of amides is 2. The van der Waals surface area contributed by atoms with Crippen molar-refractivity contribution in [2.45, 2.75) is 37.2 Å². The third-order valence-electron chi connectivity index (χ3n) is 5.53. The number of nitrogens with zero attached hydrogens (tertiary/aromatic N) is 2. The number of nitrogens with one attached hydrogen (secondary N) is 3. The van der Waals surface area contributed by atoms with Gasteiger partial charge in [0.15, 0.2) is 9.84 Å². The number of rotatable bonds is 8. The van der Waals surface area contributed by atoms with Gasteiger partial charge in [-0.2, -0.15) is 5.10 Å². The normalized spacial score (nSPS) is 15.1. The van der Waals surface area contributed by atoms with Crippen LogP contribution in [0.4, 0.5) is 4.39 Å². The van der Waals surface area contributed by atoms with Crippen LogP contribution in [0, 0.1) is 5.82 Å². The second-order valence-electron chi connectivity index (χ2n) is 7.83. The highest BCUT2D eigenvalue weighted by Gasteiger charge is 2.32. The van der Waals surface area contributed by atoms with Crippen molar-refractivity contribution in [3.05, 3.63) is 71.1 Å². The average Bonchev–Trinajstić information content (AvgIpc) is 3.49. The molecule has 1 aliphatic heterocycles. The van der Waals surface area contributed by atoms with Gasteiger partial charge in [0.05, 0.1) is 28.5 Å². The van der Waals surface area contributed by atoms with E-state index >= 15 is 0 Å². The molecule has 9 nitrogen and oxygen atoms in total. The average molecular weight is 474 g/mol. The first-order valence-electron chi connectivity index (χ1n) is 10.6. The van der Waals surface area contributed by atoms with Gasteiger partial charge in [-0.1, -0.05) is 25.1 Å². The quantitative estimate of drug-likeness (QED) is 0.461. The van der Waals surface area contributed by atoms with E-state index < -0.39 is 33.5 Å². The molecule has 0 aliphatic carbocycles. The Bertz CT molecular complexity index is 1300. The first kappa shape index (κ1) is 22.7. The lowest BCUT2D eigenvalue weighted by Crippen LogP contribution is -2.38. The van der Waals surface area contributed by atoms with Gasteiger partial charge in [0.1, 0.15) is 11.5 Å². The number of hydrogen-bond donors (Lipinski definition) is 3. The van der Waals surface area contributed by atoms with Crippen molar-refractivity contribution in [2.75, 3.05) is 12.3 Å². The van der Waals surface area contributed by atoms with Crippen molar-refractivity contribution >= 4 is 21.7 Å². The highest BCUT2D eigenvalue weighted by atomic mass is 32.2. The molecule has 2 aromatic heterocycles. The summed E-state index contributed by atoms with van der Waals surface area (Å²) >= 11 is 0. The molecule has 0 saturated carbocycles. The number of aromatic amines is 1. The van der Waals surface area contributed by atoms with E-state index in [9.17, 15) is 22.4 Å². The fraction of sp³-hybridized carbons (Fsp3) is 0.318. The molecule has 174 valence electrons. The van der Waals surface area contributed by atoms with Crippen molar-refractivity contribution < 1.29 is 22.4 Å². The summed E-state index contributed by atoms with van der Waals surface area (Å²) < 4.78 is 40.3. The number of benzene rings is 1. The van der Waals surface area contributed by atoms with Crippen molar-refractivity contribution in [3.8, 4) is 0 Å². The minimum atomic E-state index is -3.40. The Kier molecular flexibility index (Phi) is 6.32. The molecule has 0 bridgehead atoms. The summed E-state index contributed by atoms with van der Waals surface area (Å²) in [7, 11) is -3.40. The third kappa shape index (κ3) is 4.68. The van der Waals surface area contributed by atoms with Gasteiger partial charge < -0.3 is 15.6 Å². The number of carbonyl (C=O) groups excluding carboxylic acids is 2. The number of H-pyrrole nitrogens is 1. The first-order chi connectivity index (χ1) is 15.8. The molecule has 11 heteroatoms. The van der Waals surface area contributed by atoms with Gasteiger partial charge in [0, 0.05) is 36.6 Å². The molecule has 0 spiro atoms. The third-order valence-corrected chi connectivity index (χ3v) is 7.31. The van der Waals surface area contributed by atoms with Crippen LogP contribution in [0.2, 0.25) is 0 Å². The highest BCUT2D eigenvalue weighted by molar-refractivity contribution is 7.91. The Morgan fingerprint density at radius 3 is 2.82 bits per heavy atom. The summed E-state index contributed by atoms with van der Waals surface area (Å²) in [4.78, 5) is 28.4. The number of sulfone groups is 1. The lowest BCUT2D eigenvalue weighted by Gasteiger charge is -2.20. The molecule has 33 heavy (non-hydrogen) atoms. The van der Waals surface area contributed by atoms with E-state index in [0.29, 0.717) is 17.7 Å². The summed E-state index contributed by atoms with van der Waals surface area (Å²) in [6, 6.07) is 5.07. The molecule has 0 radical (unpaired) electrons. The standard InChI is InChI=1S/C22H24FN5O4S/c1-2-8-28-13-14(10-26-28)21(29)25-11-18(15-5-3-4-6-17(15)23)27-22(30)20-16-7-9-33(31,32)19(16)12-24-20/h3-6,10,12-13,18,24H,2,7-9,11H2,1H3,(H,25,29)(H,27,30). The summed E-state index contributed by atoms with van der Waals surface area (Å²) in [6.45, 7) is 2.60. The van der Waals surface area contributed by atoms with Crippen LogP contribution in [0.25, 0.3) is 0 Å². The van der Waals surface area contributed by atoms with E-state index in [1.807, 2.05) is 6.92 Å². The molecular weight excluding hydrogens is 449 g/mol. The summed E-state index contributed by atoms with van der Waals surface area (Å²) in [6.07, 6.45) is 5.48. The molecular formula is C22H24FN5O4S. The van der Waals surface area contributed by atoms with Gasteiger partial charge in [-0.25, -0.2) is 12.8 Å². The van der Waals surface area contributed by atoms with Crippen LogP contribution >= 0.6 is 0 Å². The number of fused-ring (bicyclic) bond motifs is 1. The van der Waals surface area contributed by atoms with Crippen LogP contribution < -0.4 is 10.6 Å². The highest BCUT2D eigenvalue weighted by Crippen LogP contribution is 2.29. The molecule has 4 rings (SSSR count). The first-order valence-corrected chi connectivity index (χ1v) is 12.2. The topological polar surface area (TPSA) is 126 Å². The predicted molar refractivity (Wildman–Crippen MR) is 118 cm³/mol. The number of aryl methyl sites for hydroxylation is 1. The maximum absolute atomic E-state index is 14.5. The zero-order chi connectivity index (χ0) is 23.6. The second kappa shape index (κ2) is 9.18. The van der Waals surface area contributed by atoms with Crippen LogP contribution in [0.5, 0.6) is 0 Å². The fourth-order valence-electron chi connectivity index (χ4n) is 3.87. The predicted octanol–water partition coefficient (Wildman–Crippen LogP) is 1.99. The van der Waals surface area contributed by atoms with E-state index in [0.717, 1.165) is 6.42 Å². The molecule has 1 aromatic carbocycles. The number of hydrogen-bond acceptors (Lipinski definition) is 5. The summed E-state index contributed by atoms with van der Waals surface area (Å²) in [5.74, 6) is -1.57. The monoisotopic (exact) mass is 473 g/mol.